The fourth-order valence-corrected chi connectivity index (χ4v) is 2.02. The van der Waals surface area contributed by atoms with Gasteiger partial charge in [0.25, 0.3) is 0 Å². The van der Waals surface area contributed by atoms with Crippen molar-refractivity contribution in [2.24, 2.45) is 0 Å². The van der Waals surface area contributed by atoms with Crippen molar-refractivity contribution in [1.29, 1.82) is 0 Å². The van der Waals surface area contributed by atoms with Gasteiger partial charge in [-0.25, -0.2) is 9.50 Å². The maximum absolute atomic E-state index is 4.38. The average Bonchev–Trinajstić information content (AvgIpc) is 2.86. The van der Waals surface area contributed by atoms with Crippen molar-refractivity contribution in [2.75, 3.05) is 0 Å². The summed E-state index contributed by atoms with van der Waals surface area (Å²) in [4.78, 5) is 4.38. The maximum atomic E-state index is 4.38. The lowest BCUT2D eigenvalue weighted by molar-refractivity contribution is 0.867. The van der Waals surface area contributed by atoms with Crippen molar-refractivity contribution in [2.45, 2.75) is 19.8 Å². The molecule has 0 atom stereocenters. The van der Waals surface area contributed by atoms with E-state index < -0.39 is 0 Å². The molecule has 0 aliphatic heterocycles. The molecule has 0 bridgehead atoms. The highest BCUT2D eigenvalue weighted by molar-refractivity contribution is 5.63. The molecule has 0 amide bonds. The van der Waals surface area contributed by atoms with Crippen LogP contribution in [-0.4, -0.2) is 14.6 Å². The zero-order valence-corrected chi connectivity index (χ0v) is 10.5. The van der Waals surface area contributed by atoms with E-state index in [9.17, 15) is 0 Å². The SMILES string of the molecule is CC(C)c1ccc(-c2cnc3ccnn3c2)cc1. The largest absolute Gasteiger partial charge is 0.236 e. The lowest BCUT2D eigenvalue weighted by atomic mass is 10.00. The van der Waals surface area contributed by atoms with Crippen LogP contribution < -0.4 is 0 Å². The van der Waals surface area contributed by atoms with Gasteiger partial charge in [-0.2, -0.15) is 5.10 Å². The number of nitrogens with zero attached hydrogens (tertiary/aromatic N) is 3. The van der Waals surface area contributed by atoms with Crippen molar-refractivity contribution < 1.29 is 0 Å². The first-order valence-corrected chi connectivity index (χ1v) is 6.14. The Balaban J connectivity index is 2.02. The van der Waals surface area contributed by atoms with Gasteiger partial charge in [-0.05, 0) is 17.0 Å². The fourth-order valence-electron chi connectivity index (χ4n) is 2.02. The third kappa shape index (κ3) is 1.88. The standard InChI is InChI=1S/C15H15N3/c1-11(2)12-3-5-13(6-4-12)14-9-16-15-7-8-17-18(15)10-14/h3-11H,1-2H3. The predicted octanol–water partition coefficient (Wildman–Crippen LogP) is 3.52. The normalized spacial score (nSPS) is 11.3. The summed E-state index contributed by atoms with van der Waals surface area (Å²) in [5, 5.41) is 4.20. The zero-order chi connectivity index (χ0) is 12.5. The molecular formula is C15H15N3. The van der Waals surface area contributed by atoms with E-state index in [0.717, 1.165) is 11.2 Å². The highest BCUT2D eigenvalue weighted by Gasteiger charge is 2.03. The van der Waals surface area contributed by atoms with Crippen LogP contribution in [0.3, 0.4) is 0 Å². The van der Waals surface area contributed by atoms with E-state index in [1.165, 1.54) is 11.1 Å². The lowest BCUT2D eigenvalue weighted by Gasteiger charge is -2.07. The number of hydrogen-bond donors (Lipinski definition) is 0. The van der Waals surface area contributed by atoms with Gasteiger partial charge in [0.05, 0.1) is 6.20 Å². The molecular weight excluding hydrogens is 222 g/mol. The summed E-state index contributed by atoms with van der Waals surface area (Å²) in [6.45, 7) is 4.40. The van der Waals surface area contributed by atoms with Gasteiger partial charge in [0.15, 0.2) is 5.65 Å². The van der Waals surface area contributed by atoms with Gasteiger partial charge >= 0.3 is 0 Å². The fraction of sp³-hybridized carbons (Fsp3) is 0.200. The molecule has 0 fully saturated rings. The first-order valence-electron chi connectivity index (χ1n) is 6.14. The summed E-state index contributed by atoms with van der Waals surface area (Å²) in [5.74, 6) is 0.561. The van der Waals surface area contributed by atoms with E-state index in [0.29, 0.717) is 5.92 Å². The van der Waals surface area contributed by atoms with Crippen LogP contribution in [0.2, 0.25) is 0 Å². The summed E-state index contributed by atoms with van der Waals surface area (Å²) >= 11 is 0. The third-order valence-corrected chi connectivity index (χ3v) is 3.16. The summed E-state index contributed by atoms with van der Waals surface area (Å²) in [5.41, 5.74) is 4.48. The van der Waals surface area contributed by atoms with E-state index in [2.05, 4.69) is 48.2 Å². The molecule has 2 heterocycles. The van der Waals surface area contributed by atoms with Crippen LogP contribution in [-0.2, 0) is 0 Å². The molecule has 0 aliphatic rings. The second-order valence-corrected chi connectivity index (χ2v) is 4.75. The number of benzene rings is 1. The van der Waals surface area contributed by atoms with Gasteiger partial charge in [-0.1, -0.05) is 38.1 Å². The Morgan fingerprint density at radius 1 is 1.00 bits per heavy atom. The Labute approximate surface area is 106 Å². The van der Waals surface area contributed by atoms with E-state index in [4.69, 9.17) is 0 Å². The lowest BCUT2D eigenvalue weighted by Crippen LogP contribution is -1.92. The quantitative estimate of drug-likeness (QED) is 0.682. The minimum absolute atomic E-state index is 0.561. The first kappa shape index (κ1) is 11.0. The molecule has 0 N–H and O–H groups in total. The molecule has 3 rings (SSSR count). The maximum Gasteiger partial charge on any atom is 0.154 e. The molecule has 0 saturated carbocycles. The first-order chi connectivity index (χ1) is 8.74. The van der Waals surface area contributed by atoms with Gasteiger partial charge in [0, 0.05) is 24.0 Å². The number of rotatable bonds is 2. The van der Waals surface area contributed by atoms with Gasteiger partial charge in [0.2, 0.25) is 0 Å². The molecule has 3 nitrogen and oxygen atoms in total. The van der Waals surface area contributed by atoms with Crippen LogP contribution in [0.4, 0.5) is 0 Å². The van der Waals surface area contributed by atoms with Crippen molar-refractivity contribution >= 4 is 5.65 Å². The van der Waals surface area contributed by atoms with Crippen LogP contribution in [0.1, 0.15) is 25.3 Å². The molecule has 0 spiro atoms. The van der Waals surface area contributed by atoms with E-state index in [1.807, 2.05) is 18.5 Å². The van der Waals surface area contributed by atoms with Gasteiger partial charge in [-0.3, -0.25) is 0 Å². The highest BCUT2D eigenvalue weighted by Crippen LogP contribution is 2.22. The summed E-state index contributed by atoms with van der Waals surface area (Å²) in [7, 11) is 0. The topological polar surface area (TPSA) is 30.2 Å². The van der Waals surface area contributed by atoms with Crippen molar-refractivity contribution in [3.63, 3.8) is 0 Å². The highest BCUT2D eigenvalue weighted by atomic mass is 15.2. The van der Waals surface area contributed by atoms with Crippen molar-refractivity contribution in [1.82, 2.24) is 14.6 Å². The van der Waals surface area contributed by atoms with E-state index in [-0.39, 0.29) is 0 Å². The molecule has 0 radical (unpaired) electrons. The Morgan fingerprint density at radius 2 is 1.78 bits per heavy atom. The Hall–Kier alpha value is -2.16. The molecule has 1 aromatic carbocycles. The van der Waals surface area contributed by atoms with Crippen LogP contribution in [0.25, 0.3) is 16.8 Å². The molecule has 0 unspecified atom stereocenters. The van der Waals surface area contributed by atoms with Crippen molar-refractivity contribution in [3.8, 4) is 11.1 Å². The molecule has 90 valence electrons. The molecule has 2 aromatic heterocycles. The van der Waals surface area contributed by atoms with Crippen LogP contribution in [0.5, 0.6) is 0 Å². The molecule has 0 saturated heterocycles. The number of aromatic nitrogens is 3. The van der Waals surface area contributed by atoms with Crippen LogP contribution in [0, 0.1) is 0 Å². The Kier molecular flexibility index (Phi) is 2.59. The van der Waals surface area contributed by atoms with Gasteiger partial charge in [0.1, 0.15) is 0 Å². The average molecular weight is 237 g/mol. The molecule has 0 aliphatic carbocycles. The van der Waals surface area contributed by atoms with E-state index in [1.54, 1.807) is 10.7 Å². The van der Waals surface area contributed by atoms with Gasteiger partial charge in [-0.15, -0.1) is 0 Å². The minimum Gasteiger partial charge on any atom is -0.236 e. The van der Waals surface area contributed by atoms with Crippen LogP contribution in [0.15, 0.2) is 48.9 Å². The van der Waals surface area contributed by atoms with Crippen molar-refractivity contribution in [3.05, 3.63) is 54.5 Å². The van der Waals surface area contributed by atoms with Gasteiger partial charge < -0.3 is 0 Å². The minimum atomic E-state index is 0.561. The molecule has 3 aromatic rings. The predicted molar refractivity (Wildman–Crippen MR) is 72.5 cm³/mol. The summed E-state index contributed by atoms with van der Waals surface area (Å²) in [6.07, 6.45) is 5.65. The second-order valence-electron chi connectivity index (χ2n) is 4.75. The number of hydrogen-bond acceptors (Lipinski definition) is 2. The monoisotopic (exact) mass is 237 g/mol. The van der Waals surface area contributed by atoms with E-state index >= 15 is 0 Å². The smallest absolute Gasteiger partial charge is 0.154 e. The summed E-state index contributed by atoms with van der Waals surface area (Å²) in [6, 6.07) is 10.5. The molecule has 3 heteroatoms. The molecule has 18 heavy (non-hydrogen) atoms. The Morgan fingerprint density at radius 3 is 2.50 bits per heavy atom. The zero-order valence-electron chi connectivity index (χ0n) is 10.5. The second kappa shape index (κ2) is 4.26. The van der Waals surface area contributed by atoms with Crippen LogP contribution >= 0.6 is 0 Å². The number of fused-ring (bicyclic) bond motifs is 1. The Bertz CT molecular complexity index is 666. The summed E-state index contributed by atoms with van der Waals surface area (Å²) < 4.78 is 1.80. The third-order valence-electron chi connectivity index (χ3n) is 3.16.